The number of hydrogen-bond donors (Lipinski definition) is 1. The van der Waals surface area contributed by atoms with Crippen LogP contribution in [0.1, 0.15) is 12.5 Å². The van der Waals surface area contributed by atoms with Crippen LogP contribution in [0.3, 0.4) is 0 Å². The first kappa shape index (κ1) is 11.8. The number of ether oxygens (including phenoxy) is 1. The molecule has 0 atom stereocenters. The van der Waals surface area contributed by atoms with E-state index in [9.17, 15) is 14.3 Å². The molecule has 1 rings (SSSR count). The van der Waals surface area contributed by atoms with E-state index in [1.807, 2.05) is 0 Å². The van der Waals surface area contributed by atoms with Crippen LogP contribution >= 0.6 is 11.6 Å². The van der Waals surface area contributed by atoms with Crippen LogP contribution in [0.5, 0.6) is 11.5 Å². The average molecular weight is 233 g/mol. The molecule has 0 saturated carbocycles. The fourth-order valence-electron chi connectivity index (χ4n) is 1.21. The zero-order valence-corrected chi connectivity index (χ0v) is 9.06. The summed E-state index contributed by atoms with van der Waals surface area (Å²) in [6.07, 6.45) is -0.214. The van der Waals surface area contributed by atoms with E-state index in [4.69, 9.17) is 16.3 Å². The van der Waals surface area contributed by atoms with Crippen molar-refractivity contribution in [1.82, 2.24) is 0 Å². The highest BCUT2D eigenvalue weighted by Crippen LogP contribution is 2.36. The summed E-state index contributed by atoms with van der Waals surface area (Å²) < 4.78 is 18.2. The molecule has 0 amide bonds. The van der Waals surface area contributed by atoms with Crippen molar-refractivity contribution in [1.29, 1.82) is 0 Å². The van der Waals surface area contributed by atoms with Crippen LogP contribution in [0.25, 0.3) is 0 Å². The number of phenols is 1. The second kappa shape index (κ2) is 4.49. The van der Waals surface area contributed by atoms with E-state index in [2.05, 4.69) is 0 Å². The van der Waals surface area contributed by atoms with Crippen molar-refractivity contribution in [3.8, 4) is 11.5 Å². The molecule has 0 bridgehead atoms. The normalized spacial score (nSPS) is 10.1. The summed E-state index contributed by atoms with van der Waals surface area (Å²) >= 11 is 5.58. The quantitative estimate of drug-likeness (QED) is 0.870. The number of carbonyl (C=O) groups excluding carboxylic acids is 1. The van der Waals surface area contributed by atoms with Gasteiger partial charge in [0.1, 0.15) is 11.6 Å². The van der Waals surface area contributed by atoms with Gasteiger partial charge < -0.3 is 9.84 Å². The van der Waals surface area contributed by atoms with E-state index in [1.165, 1.54) is 14.0 Å². The molecule has 5 heteroatoms. The Morgan fingerprint density at radius 2 is 2.27 bits per heavy atom. The third-order valence-electron chi connectivity index (χ3n) is 1.90. The minimum Gasteiger partial charge on any atom is -0.504 e. The number of benzene rings is 1. The van der Waals surface area contributed by atoms with Crippen molar-refractivity contribution in [2.45, 2.75) is 13.3 Å². The smallest absolute Gasteiger partial charge is 0.164 e. The van der Waals surface area contributed by atoms with Gasteiger partial charge in [-0.3, -0.25) is 4.79 Å². The molecule has 15 heavy (non-hydrogen) atoms. The minimum atomic E-state index is -0.787. The van der Waals surface area contributed by atoms with Gasteiger partial charge in [0.05, 0.1) is 12.1 Å². The van der Waals surface area contributed by atoms with Gasteiger partial charge in [-0.25, -0.2) is 4.39 Å². The maximum atomic E-state index is 13.4. The molecule has 0 heterocycles. The lowest BCUT2D eigenvalue weighted by Crippen LogP contribution is -2.02. The Morgan fingerprint density at radius 3 is 2.73 bits per heavy atom. The Kier molecular flexibility index (Phi) is 3.52. The number of aromatic hydroxyl groups is 1. The first-order valence-electron chi connectivity index (χ1n) is 4.20. The number of hydrogen-bond acceptors (Lipinski definition) is 3. The van der Waals surface area contributed by atoms with Gasteiger partial charge in [0.15, 0.2) is 11.5 Å². The predicted octanol–water partition coefficient (Wildman–Crippen LogP) is 2.32. The van der Waals surface area contributed by atoms with Crippen molar-refractivity contribution >= 4 is 17.4 Å². The summed E-state index contributed by atoms with van der Waals surface area (Å²) in [6, 6.07) is 1.16. The minimum absolute atomic E-state index is 0.0534. The maximum Gasteiger partial charge on any atom is 0.164 e. The van der Waals surface area contributed by atoms with Gasteiger partial charge in [0.25, 0.3) is 0 Å². The Bertz CT molecular complexity index is 404. The van der Waals surface area contributed by atoms with Gasteiger partial charge in [-0.15, -0.1) is 0 Å². The average Bonchev–Trinajstić information content (AvgIpc) is 2.18. The number of halogens is 2. The zero-order valence-electron chi connectivity index (χ0n) is 8.30. The first-order chi connectivity index (χ1) is 6.97. The van der Waals surface area contributed by atoms with Crippen molar-refractivity contribution < 1.29 is 19.0 Å². The van der Waals surface area contributed by atoms with E-state index in [0.29, 0.717) is 0 Å². The van der Waals surface area contributed by atoms with Gasteiger partial charge in [-0.2, -0.15) is 0 Å². The molecule has 0 saturated heterocycles. The van der Waals surface area contributed by atoms with Crippen LogP contribution in [-0.2, 0) is 11.2 Å². The summed E-state index contributed by atoms with van der Waals surface area (Å²) in [5, 5.41) is 9.39. The molecular weight excluding hydrogens is 223 g/mol. The number of carbonyl (C=O) groups is 1. The molecule has 82 valence electrons. The van der Waals surface area contributed by atoms with E-state index < -0.39 is 5.82 Å². The van der Waals surface area contributed by atoms with Crippen molar-refractivity contribution in [3.63, 3.8) is 0 Å². The third-order valence-corrected chi connectivity index (χ3v) is 2.17. The van der Waals surface area contributed by atoms with Gasteiger partial charge in [-0.1, -0.05) is 11.6 Å². The van der Waals surface area contributed by atoms with Gasteiger partial charge in [0, 0.05) is 18.1 Å². The molecule has 0 aromatic heterocycles. The zero-order chi connectivity index (χ0) is 11.6. The summed E-state index contributed by atoms with van der Waals surface area (Å²) in [4.78, 5) is 10.9. The number of phenolic OH excluding ortho intramolecular Hbond substituents is 1. The number of Topliss-reactive ketones (excluding diaryl/α,β-unsaturated/α-hetero) is 1. The molecule has 1 aromatic rings. The molecule has 0 radical (unpaired) electrons. The maximum absolute atomic E-state index is 13.4. The number of methoxy groups -OCH3 is 1. The lowest BCUT2D eigenvalue weighted by atomic mass is 10.1. The highest BCUT2D eigenvalue weighted by Gasteiger charge is 2.18. The molecule has 1 N–H and O–H groups in total. The van der Waals surface area contributed by atoms with Gasteiger partial charge in [-0.05, 0) is 6.92 Å². The SMILES string of the molecule is COc1cc(Cl)c(F)c(CC(C)=O)c1O. The van der Waals surface area contributed by atoms with E-state index in [1.54, 1.807) is 0 Å². The van der Waals surface area contributed by atoms with Gasteiger partial charge >= 0.3 is 0 Å². The second-order valence-corrected chi connectivity index (χ2v) is 3.49. The van der Waals surface area contributed by atoms with Crippen LogP contribution in [-0.4, -0.2) is 18.0 Å². The van der Waals surface area contributed by atoms with Crippen LogP contribution in [0, 0.1) is 5.82 Å². The first-order valence-corrected chi connectivity index (χ1v) is 4.58. The molecule has 0 aliphatic carbocycles. The molecule has 1 aromatic carbocycles. The molecule has 0 fully saturated rings. The molecule has 0 unspecified atom stereocenters. The van der Waals surface area contributed by atoms with Gasteiger partial charge in [0.2, 0.25) is 0 Å². The largest absolute Gasteiger partial charge is 0.504 e. The molecular formula is C10H10ClFO3. The Hall–Kier alpha value is -1.29. The Morgan fingerprint density at radius 1 is 1.67 bits per heavy atom. The van der Waals surface area contributed by atoms with E-state index in [-0.39, 0.29) is 34.3 Å². The van der Waals surface area contributed by atoms with Crippen molar-refractivity contribution in [3.05, 3.63) is 22.5 Å². The summed E-state index contributed by atoms with van der Waals surface area (Å²) in [6.45, 7) is 1.30. The lowest BCUT2D eigenvalue weighted by Gasteiger charge is -2.10. The standard InChI is InChI=1S/C10H10ClFO3/c1-5(13)3-6-9(12)7(11)4-8(15-2)10(6)14/h4,14H,3H2,1-2H3. The lowest BCUT2D eigenvalue weighted by molar-refractivity contribution is -0.116. The second-order valence-electron chi connectivity index (χ2n) is 3.08. The third kappa shape index (κ3) is 2.39. The van der Waals surface area contributed by atoms with Crippen LogP contribution < -0.4 is 4.74 Å². The molecule has 3 nitrogen and oxygen atoms in total. The van der Waals surface area contributed by atoms with Crippen molar-refractivity contribution in [2.24, 2.45) is 0 Å². The summed E-state index contributed by atoms with van der Waals surface area (Å²) in [5.41, 5.74) is -0.133. The topological polar surface area (TPSA) is 46.5 Å². The van der Waals surface area contributed by atoms with Crippen LogP contribution in [0.4, 0.5) is 4.39 Å². The van der Waals surface area contributed by atoms with E-state index in [0.717, 1.165) is 6.07 Å². The highest BCUT2D eigenvalue weighted by atomic mass is 35.5. The van der Waals surface area contributed by atoms with Crippen LogP contribution in [0.15, 0.2) is 6.07 Å². The Balaban J connectivity index is 3.33. The van der Waals surface area contributed by atoms with Crippen molar-refractivity contribution in [2.75, 3.05) is 7.11 Å². The monoisotopic (exact) mass is 232 g/mol. The van der Waals surface area contributed by atoms with Crippen LogP contribution in [0.2, 0.25) is 5.02 Å². The summed E-state index contributed by atoms with van der Waals surface area (Å²) in [5.74, 6) is -1.38. The fourth-order valence-corrected chi connectivity index (χ4v) is 1.42. The molecule has 0 spiro atoms. The molecule has 0 aliphatic rings. The Labute approximate surface area is 91.4 Å². The van der Waals surface area contributed by atoms with E-state index >= 15 is 0 Å². The molecule has 0 aliphatic heterocycles. The highest BCUT2D eigenvalue weighted by molar-refractivity contribution is 6.31. The number of rotatable bonds is 3. The predicted molar refractivity (Wildman–Crippen MR) is 54.0 cm³/mol. The number of ketones is 1. The fraction of sp³-hybridized carbons (Fsp3) is 0.300. The summed E-state index contributed by atoms with van der Waals surface area (Å²) in [7, 11) is 1.32.